The maximum atomic E-state index is 12.1. The zero-order valence-electron chi connectivity index (χ0n) is 14.3. The van der Waals surface area contributed by atoms with Crippen LogP contribution in [0.5, 0.6) is 0 Å². The number of nitrogens with one attached hydrogen (secondary N) is 3. The standard InChI is InChI=1S/C18H20ClN3O3S/c1-12(23)22-15(16-3-2-10-26-16)11-17(24)20-8-9-21-18(25)13-4-6-14(19)7-5-13/h2-7,10,15H,8-9,11H2,1H3,(H,20,24)(H,21,25)(H,22,23). The summed E-state index contributed by atoms with van der Waals surface area (Å²) in [4.78, 5) is 36.3. The van der Waals surface area contributed by atoms with Crippen molar-refractivity contribution in [2.24, 2.45) is 0 Å². The third-order valence-corrected chi connectivity index (χ3v) is 4.73. The number of carbonyl (C=O) groups is 3. The fourth-order valence-corrected chi connectivity index (χ4v) is 3.20. The Hall–Kier alpha value is -2.38. The molecule has 0 aliphatic rings. The smallest absolute Gasteiger partial charge is 0.251 e. The molecule has 8 heteroatoms. The molecule has 0 fully saturated rings. The predicted octanol–water partition coefficient (Wildman–Crippen LogP) is 2.52. The second-order valence-electron chi connectivity index (χ2n) is 5.59. The third kappa shape index (κ3) is 6.50. The summed E-state index contributed by atoms with van der Waals surface area (Å²) in [5.41, 5.74) is 0.504. The fraction of sp³-hybridized carbons (Fsp3) is 0.278. The second-order valence-corrected chi connectivity index (χ2v) is 7.00. The number of rotatable bonds is 8. The van der Waals surface area contributed by atoms with Crippen LogP contribution < -0.4 is 16.0 Å². The van der Waals surface area contributed by atoms with E-state index in [4.69, 9.17) is 11.6 Å². The normalized spacial score (nSPS) is 11.5. The Kier molecular flexibility index (Phi) is 7.62. The first kappa shape index (κ1) is 19.9. The summed E-state index contributed by atoms with van der Waals surface area (Å²) in [6, 6.07) is 9.96. The quantitative estimate of drug-likeness (QED) is 0.602. The van der Waals surface area contributed by atoms with Crippen LogP contribution in [0.1, 0.15) is 34.6 Å². The molecule has 3 N–H and O–H groups in total. The highest BCUT2D eigenvalue weighted by molar-refractivity contribution is 7.10. The molecule has 1 aromatic heterocycles. The lowest BCUT2D eigenvalue weighted by Gasteiger charge is -2.16. The van der Waals surface area contributed by atoms with Gasteiger partial charge < -0.3 is 16.0 Å². The van der Waals surface area contributed by atoms with Gasteiger partial charge >= 0.3 is 0 Å². The Morgan fingerprint density at radius 3 is 2.38 bits per heavy atom. The highest BCUT2D eigenvalue weighted by Crippen LogP contribution is 2.21. The molecule has 0 saturated heterocycles. The zero-order valence-corrected chi connectivity index (χ0v) is 15.8. The van der Waals surface area contributed by atoms with Gasteiger partial charge in [0, 0.05) is 35.5 Å². The number of carbonyl (C=O) groups excluding carboxylic acids is 3. The van der Waals surface area contributed by atoms with E-state index in [1.54, 1.807) is 24.3 Å². The Bertz CT molecular complexity index is 748. The molecule has 0 bridgehead atoms. The lowest BCUT2D eigenvalue weighted by atomic mass is 10.1. The molecule has 0 radical (unpaired) electrons. The van der Waals surface area contributed by atoms with Gasteiger partial charge in [-0.3, -0.25) is 14.4 Å². The van der Waals surface area contributed by atoms with Crippen molar-refractivity contribution in [1.29, 1.82) is 0 Å². The first-order valence-electron chi connectivity index (χ1n) is 8.06. The van der Waals surface area contributed by atoms with Gasteiger partial charge in [0.15, 0.2) is 0 Å². The molecule has 26 heavy (non-hydrogen) atoms. The van der Waals surface area contributed by atoms with Gasteiger partial charge in [-0.25, -0.2) is 0 Å². The molecule has 3 amide bonds. The average Bonchev–Trinajstić information content (AvgIpc) is 3.13. The summed E-state index contributed by atoms with van der Waals surface area (Å²) >= 11 is 7.27. The minimum absolute atomic E-state index is 0.144. The van der Waals surface area contributed by atoms with Crippen LogP contribution in [0.2, 0.25) is 5.02 Å². The highest BCUT2D eigenvalue weighted by Gasteiger charge is 2.17. The van der Waals surface area contributed by atoms with E-state index in [1.807, 2.05) is 17.5 Å². The van der Waals surface area contributed by atoms with E-state index in [9.17, 15) is 14.4 Å². The molecule has 1 heterocycles. The van der Waals surface area contributed by atoms with E-state index in [2.05, 4.69) is 16.0 Å². The Labute approximate surface area is 160 Å². The predicted molar refractivity (Wildman–Crippen MR) is 102 cm³/mol. The number of amides is 3. The molecule has 0 spiro atoms. The summed E-state index contributed by atoms with van der Waals surface area (Å²) in [5, 5.41) is 10.7. The first-order chi connectivity index (χ1) is 12.5. The summed E-state index contributed by atoms with van der Waals surface area (Å²) < 4.78 is 0. The number of thiophene rings is 1. The summed E-state index contributed by atoms with van der Waals surface area (Å²) in [5.74, 6) is -0.616. The van der Waals surface area contributed by atoms with Gasteiger partial charge in [-0.2, -0.15) is 0 Å². The first-order valence-corrected chi connectivity index (χ1v) is 9.32. The van der Waals surface area contributed by atoms with Crippen molar-refractivity contribution in [2.45, 2.75) is 19.4 Å². The molecule has 2 rings (SSSR count). The lowest BCUT2D eigenvalue weighted by molar-refractivity contribution is -0.122. The van der Waals surface area contributed by atoms with Gasteiger partial charge in [-0.1, -0.05) is 17.7 Å². The van der Waals surface area contributed by atoms with E-state index in [0.29, 0.717) is 23.7 Å². The van der Waals surface area contributed by atoms with Crippen LogP contribution in [0.3, 0.4) is 0 Å². The number of benzene rings is 1. The molecular formula is C18H20ClN3O3S. The van der Waals surface area contributed by atoms with Crippen LogP contribution in [0.4, 0.5) is 0 Å². The minimum Gasteiger partial charge on any atom is -0.354 e. The largest absolute Gasteiger partial charge is 0.354 e. The van der Waals surface area contributed by atoms with E-state index in [-0.39, 0.29) is 30.2 Å². The van der Waals surface area contributed by atoms with Crippen LogP contribution in [-0.2, 0) is 9.59 Å². The Morgan fingerprint density at radius 1 is 1.08 bits per heavy atom. The molecule has 1 atom stereocenters. The van der Waals surface area contributed by atoms with Gasteiger partial charge in [0.25, 0.3) is 5.91 Å². The third-order valence-electron chi connectivity index (χ3n) is 3.49. The molecule has 0 saturated carbocycles. The molecule has 2 aromatic rings. The van der Waals surface area contributed by atoms with Gasteiger partial charge in [0.1, 0.15) is 0 Å². The molecule has 6 nitrogen and oxygen atoms in total. The van der Waals surface area contributed by atoms with E-state index in [1.165, 1.54) is 18.3 Å². The molecule has 138 valence electrons. The summed E-state index contributed by atoms with van der Waals surface area (Å²) in [6.07, 6.45) is 0.144. The van der Waals surface area contributed by atoms with Crippen LogP contribution in [-0.4, -0.2) is 30.8 Å². The topological polar surface area (TPSA) is 87.3 Å². The van der Waals surface area contributed by atoms with Crippen molar-refractivity contribution in [2.75, 3.05) is 13.1 Å². The Morgan fingerprint density at radius 2 is 1.77 bits per heavy atom. The van der Waals surface area contributed by atoms with E-state index >= 15 is 0 Å². The second kappa shape index (κ2) is 9.94. The Balaban J connectivity index is 1.74. The molecule has 1 unspecified atom stereocenters. The molecule has 1 aromatic carbocycles. The molecule has 0 aliphatic carbocycles. The van der Waals surface area contributed by atoms with Crippen LogP contribution in [0, 0.1) is 0 Å². The van der Waals surface area contributed by atoms with Gasteiger partial charge in [0.2, 0.25) is 11.8 Å². The number of hydrogen-bond acceptors (Lipinski definition) is 4. The van der Waals surface area contributed by atoms with E-state index < -0.39 is 0 Å². The SMILES string of the molecule is CC(=O)NC(CC(=O)NCCNC(=O)c1ccc(Cl)cc1)c1cccs1. The highest BCUT2D eigenvalue weighted by atomic mass is 35.5. The maximum absolute atomic E-state index is 12.1. The summed E-state index contributed by atoms with van der Waals surface area (Å²) in [6.45, 7) is 2.03. The van der Waals surface area contributed by atoms with Crippen molar-refractivity contribution in [1.82, 2.24) is 16.0 Å². The maximum Gasteiger partial charge on any atom is 0.251 e. The van der Waals surface area contributed by atoms with Crippen molar-refractivity contribution >= 4 is 40.7 Å². The van der Waals surface area contributed by atoms with Crippen molar-refractivity contribution in [3.8, 4) is 0 Å². The van der Waals surface area contributed by atoms with Crippen LogP contribution in [0.25, 0.3) is 0 Å². The van der Waals surface area contributed by atoms with Gasteiger partial charge in [0.05, 0.1) is 12.5 Å². The average molecular weight is 394 g/mol. The molecule has 0 aliphatic heterocycles. The number of hydrogen-bond donors (Lipinski definition) is 3. The lowest BCUT2D eigenvalue weighted by Crippen LogP contribution is -2.37. The van der Waals surface area contributed by atoms with Crippen molar-refractivity contribution in [3.05, 3.63) is 57.2 Å². The summed E-state index contributed by atoms with van der Waals surface area (Å²) in [7, 11) is 0. The van der Waals surface area contributed by atoms with E-state index in [0.717, 1.165) is 4.88 Å². The van der Waals surface area contributed by atoms with Crippen molar-refractivity contribution in [3.63, 3.8) is 0 Å². The monoisotopic (exact) mass is 393 g/mol. The zero-order chi connectivity index (χ0) is 18.9. The van der Waals surface area contributed by atoms with Gasteiger partial charge in [-0.05, 0) is 35.7 Å². The number of halogens is 1. The van der Waals surface area contributed by atoms with Crippen LogP contribution in [0.15, 0.2) is 41.8 Å². The molecular weight excluding hydrogens is 374 g/mol. The minimum atomic E-state index is -0.351. The van der Waals surface area contributed by atoms with Gasteiger partial charge in [-0.15, -0.1) is 11.3 Å². The fourth-order valence-electron chi connectivity index (χ4n) is 2.30. The van der Waals surface area contributed by atoms with Crippen LogP contribution >= 0.6 is 22.9 Å². The van der Waals surface area contributed by atoms with Crippen molar-refractivity contribution < 1.29 is 14.4 Å².